The van der Waals surface area contributed by atoms with E-state index < -0.39 is 0 Å². The Balaban J connectivity index is 2.11. The summed E-state index contributed by atoms with van der Waals surface area (Å²) in [6, 6.07) is 6.68. The van der Waals surface area contributed by atoms with Crippen molar-refractivity contribution in [1.82, 2.24) is 0 Å². The van der Waals surface area contributed by atoms with E-state index in [2.05, 4.69) is 11.8 Å². The summed E-state index contributed by atoms with van der Waals surface area (Å²) >= 11 is 0. The molecule has 17 heavy (non-hydrogen) atoms. The minimum absolute atomic E-state index is 0.279. The average Bonchev–Trinajstić information content (AvgIpc) is 2.39. The predicted octanol–water partition coefficient (Wildman–Crippen LogP) is 3.32. The number of anilines is 1. The average molecular weight is 232 g/mol. The highest BCUT2D eigenvalue weighted by Gasteiger charge is 2.20. The van der Waals surface area contributed by atoms with Gasteiger partial charge in [-0.15, -0.1) is 0 Å². The summed E-state index contributed by atoms with van der Waals surface area (Å²) in [7, 11) is 0. The zero-order valence-electron chi connectivity index (χ0n) is 10.1. The molecule has 0 unspecified atom stereocenters. The van der Waals surface area contributed by atoms with Crippen LogP contribution in [0.25, 0.3) is 0 Å². The summed E-state index contributed by atoms with van der Waals surface area (Å²) in [4.78, 5) is 2.09. The van der Waals surface area contributed by atoms with Gasteiger partial charge in [-0.1, -0.05) is 13.3 Å². The SMILES string of the molecule is CCC1CCN(c2ccc(C#N)cc2F)CC1. The maximum absolute atomic E-state index is 13.8. The van der Waals surface area contributed by atoms with Crippen molar-refractivity contribution in [2.24, 2.45) is 5.92 Å². The topological polar surface area (TPSA) is 27.0 Å². The summed E-state index contributed by atoms with van der Waals surface area (Å²) in [6.45, 7) is 4.05. The highest BCUT2D eigenvalue weighted by Crippen LogP contribution is 2.27. The summed E-state index contributed by atoms with van der Waals surface area (Å²) < 4.78 is 13.8. The lowest BCUT2D eigenvalue weighted by atomic mass is 9.94. The molecule has 90 valence electrons. The van der Waals surface area contributed by atoms with Crippen LogP contribution in [0.5, 0.6) is 0 Å². The molecule has 0 amide bonds. The molecule has 2 nitrogen and oxygen atoms in total. The third-order valence-corrected chi connectivity index (χ3v) is 3.61. The van der Waals surface area contributed by atoms with Crippen molar-refractivity contribution in [2.45, 2.75) is 26.2 Å². The van der Waals surface area contributed by atoms with Gasteiger partial charge in [-0.2, -0.15) is 5.26 Å². The van der Waals surface area contributed by atoms with Gasteiger partial charge in [-0.3, -0.25) is 0 Å². The molecule has 0 aromatic heterocycles. The van der Waals surface area contributed by atoms with Crippen LogP contribution in [0.4, 0.5) is 10.1 Å². The largest absolute Gasteiger partial charge is 0.369 e. The van der Waals surface area contributed by atoms with Gasteiger partial charge in [-0.05, 0) is 37.0 Å². The Bertz CT molecular complexity index is 428. The lowest BCUT2D eigenvalue weighted by molar-refractivity contribution is 0.393. The van der Waals surface area contributed by atoms with Crippen LogP contribution in [0.1, 0.15) is 31.7 Å². The van der Waals surface area contributed by atoms with Crippen LogP contribution in [0.2, 0.25) is 0 Å². The van der Waals surface area contributed by atoms with Gasteiger partial charge < -0.3 is 4.90 Å². The number of benzene rings is 1. The molecular formula is C14H17FN2. The van der Waals surface area contributed by atoms with Gasteiger partial charge in [0.05, 0.1) is 17.3 Å². The molecule has 3 heteroatoms. The van der Waals surface area contributed by atoms with Gasteiger partial charge >= 0.3 is 0 Å². The summed E-state index contributed by atoms with van der Waals surface area (Å²) in [5.41, 5.74) is 1.02. The van der Waals surface area contributed by atoms with Crippen LogP contribution in [0.3, 0.4) is 0 Å². The van der Waals surface area contributed by atoms with Crippen LogP contribution < -0.4 is 4.90 Å². The lowest BCUT2D eigenvalue weighted by Gasteiger charge is -2.33. The zero-order chi connectivity index (χ0) is 12.3. The number of nitriles is 1. The Hall–Kier alpha value is -1.56. The maximum Gasteiger partial charge on any atom is 0.147 e. The van der Waals surface area contributed by atoms with E-state index in [-0.39, 0.29) is 5.82 Å². The first-order chi connectivity index (χ1) is 8.24. The quantitative estimate of drug-likeness (QED) is 0.782. The summed E-state index contributed by atoms with van der Waals surface area (Å²) in [6.07, 6.45) is 3.48. The maximum atomic E-state index is 13.8. The second kappa shape index (κ2) is 5.18. The molecule has 2 rings (SSSR count). The second-order valence-corrected chi connectivity index (χ2v) is 4.62. The molecule has 1 aromatic carbocycles. The van der Waals surface area contributed by atoms with E-state index >= 15 is 0 Å². The minimum atomic E-state index is -0.279. The highest BCUT2D eigenvalue weighted by molar-refractivity contribution is 5.51. The molecule has 1 aliphatic rings. The Kier molecular flexibility index (Phi) is 3.63. The van der Waals surface area contributed by atoms with E-state index in [0.717, 1.165) is 31.8 Å². The van der Waals surface area contributed by atoms with Crippen molar-refractivity contribution < 1.29 is 4.39 Å². The van der Waals surface area contributed by atoms with Crippen molar-refractivity contribution in [3.05, 3.63) is 29.6 Å². The molecule has 1 aromatic rings. The van der Waals surface area contributed by atoms with Gasteiger partial charge in [0, 0.05) is 13.1 Å². The van der Waals surface area contributed by atoms with E-state index in [0.29, 0.717) is 11.3 Å². The first kappa shape index (κ1) is 11.9. The first-order valence-corrected chi connectivity index (χ1v) is 6.19. The molecule has 0 radical (unpaired) electrons. The van der Waals surface area contributed by atoms with Crippen molar-refractivity contribution in [1.29, 1.82) is 5.26 Å². The van der Waals surface area contributed by atoms with E-state index in [1.165, 1.54) is 12.5 Å². The van der Waals surface area contributed by atoms with Gasteiger partial charge in [0.25, 0.3) is 0 Å². The Morgan fingerprint density at radius 3 is 2.65 bits per heavy atom. The lowest BCUT2D eigenvalue weighted by Crippen LogP contribution is -2.34. The fourth-order valence-corrected chi connectivity index (χ4v) is 2.42. The zero-order valence-corrected chi connectivity index (χ0v) is 10.1. The fourth-order valence-electron chi connectivity index (χ4n) is 2.42. The molecule has 0 bridgehead atoms. The van der Waals surface area contributed by atoms with E-state index in [1.807, 2.05) is 6.07 Å². The minimum Gasteiger partial charge on any atom is -0.369 e. The number of hydrogen-bond donors (Lipinski definition) is 0. The number of hydrogen-bond acceptors (Lipinski definition) is 2. The molecule has 0 atom stereocenters. The molecular weight excluding hydrogens is 215 g/mol. The van der Waals surface area contributed by atoms with Crippen LogP contribution in [-0.2, 0) is 0 Å². The normalized spacial score (nSPS) is 16.9. The number of piperidine rings is 1. The van der Waals surface area contributed by atoms with Crippen molar-refractivity contribution >= 4 is 5.69 Å². The van der Waals surface area contributed by atoms with Gasteiger partial charge in [0.1, 0.15) is 5.82 Å². The Morgan fingerprint density at radius 1 is 1.41 bits per heavy atom. The first-order valence-electron chi connectivity index (χ1n) is 6.19. The molecule has 0 saturated carbocycles. The Labute approximate surface area is 102 Å². The molecule has 0 N–H and O–H groups in total. The van der Waals surface area contributed by atoms with Gasteiger partial charge in [-0.25, -0.2) is 4.39 Å². The molecule has 1 aliphatic heterocycles. The second-order valence-electron chi connectivity index (χ2n) is 4.62. The molecule has 0 spiro atoms. The van der Waals surface area contributed by atoms with Crippen LogP contribution in [0.15, 0.2) is 18.2 Å². The van der Waals surface area contributed by atoms with Crippen LogP contribution >= 0.6 is 0 Å². The number of halogens is 1. The molecule has 1 saturated heterocycles. The van der Waals surface area contributed by atoms with Crippen molar-refractivity contribution in [2.75, 3.05) is 18.0 Å². The smallest absolute Gasteiger partial charge is 0.147 e. The highest BCUT2D eigenvalue weighted by atomic mass is 19.1. The fraction of sp³-hybridized carbons (Fsp3) is 0.500. The van der Waals surface area contributed by atoms with Crippen molar-refractivity contribution in [3.63, 3.8) is 0 Å². The third-order valence-electron chi connectivity index (χ3n) is 3.61. The van der Waals surface area contributed by atoms with Gasteiger partial charge in [0.15, 0.2) is 0 Å². The molecule has 0 aliphatic carbocycles. The standard InChI is InChI=1S/C14H17FN2/c1-2-11-5-7-17(8-6-11)14-4-3-12(10-16)9-13(14)15/h3-4,9,11H,2,5-8H2,1H3. The van der Waals surface area contributed by atoms with Crippen LogP contribution in [0, 0.1) is 23.1 Å². The third kappa shape index (κ3) is 2.58. The molecule has 1 heterocycles. The van der Waals surface area contributed by atoms with E-state index in [9.17, 15) is 4.39 Å². The Morgan fingerprint density at radius 2 is 2.12 bits per heavy atom. The number of nitrogens with zero attached hydrogens (tertiary/aromatic N) is 2. The molecule has 1 fully saturated rings. The summed E-state index contributed by atoms with van der Waals surface area (Å²) in [5, 5.41) is 8.70. The van der Waals surface area contributed by atoms with E-state index in [4.69, 9.17) is 5.26 Å². The predicted molar refractivity (Wildman–Crippen MR) is 66.3 cm³/mol. The monoisotopic (exact) mass is 232 g/mol. The van der Waals surface area contributed by atoms with E-state index in [1.54, 1.807) is 12.1 Å². The van der Waals surface area contributed by atoms with Crippen LogP contribution in [-0.4, -0.2) is 13.1 Å². The number of rotatable bonds is 2. The summed E-state index contributed by atoms with van der Waals surface area (Å²) in [5.74, 6) is 0.506. The van der Waals surface area contributed by atoms with Crippen molar-refractivity contribution in [3.8, 4) is 6.07 Å². The van der Waals surface area contributed by atoms with Gasteiger partial charge in [0.2, 0.25) is 0 Å².